The summed E-state index contributed by atoms with van der Waals surface area (Å²) in [5.41, 5.74) is 7.00. The van der Waals surface area contributed by atoms with Crippen LogP contribution in [-0.4, -0.2) is 23.5 Å². The maximum atomic E-state index is 12.4. The number of hydrogen-bond acceptors (Lipinski definition) is 4. The Kier molecular flexibility index (Phi) is 6.22. The second-order valence-electron chi connectivity index (χ2n) is 6.67. The van der Waals surface area contributed by atoms with Crippen LogP contribution >= 0.6 is 23.2 Å². The average Bonchev–Trinajstić information content (AvgIpc) is 2.64. The van der Waals surface area contributed by atoms with Crippen molar-refractivity contribution in [3.05, 3.63) is 52.1 Å². The number of anilines is 2. The first-order valence-corrected chi connectivity index (χ1v) is 9.48. The first-order valence-electron chi connectivity index (χ1n) is 8.72. The fourth-order valence-electron chi connectivity index (χ4n) is 3.22. The lowest BCUT2D eigenvalue weighted by atomic mass is 9.86. The van der Waals surface area contributed by atoms with E-state index >= 15 is 0 Å². The van der Waals surface area contributed by atoms with E-state index in [0.29, 0.717) is 27.3 Å². The van der Waals surface area contributed by atoms with E-state index in [1.54, 1.807) is 30.5 Å². The molecule has 4 N–H and O–H groups in total. The summed E-state index contributed by atoms with van der Waals surface area (Å²) in [5, 5.41) is 7.40. The molecule has 1 amide bonds. The Labute approximate surface area is 163 Å². The second-order valence-corrected chi connectivity index (χ2v) is 7.51. The molecule has 1 heterocycles. The third kappa shape index (κ3) is 5.02. The molecule has 26 heavy (non-hydrogen) atoms. The number of halogens is 2. The fourth-order valence-corrected chi connectivity index (χ4v) is 3.59. The van der Waals surface area contributed by atoms with Crippen molar-refractivity contribution < 1.29 is 4.79 Å². The number of hydrogen-bond donors (Lipinski definition) is 3. The predicted molar refractivity (Wildman–Crippen MR) is 107 cm³/mol. The van der Waals surface area contributed by atoms with Gasteiger partial charge in [-0.1, -0.05) is 23.2 Å². The van der Waals surface area contributed by atoms with Gasteiger partial charge >= 0.3 is 0 Å². The van der Waals surface area contributed by atoms with E-state index in [-0.39, 0.29) is 11.9 Å². The molecule has 2 aromatic rings. The number of carbonyl (C=O) groups is 1. The van der Waals surface area contributed by atoms with Gasteiger partial charge < -0.3 is 16.4 Å². The number of nitrogens with one attached hydrogen (secondary N) is 2. The van der Waals surface area contributed by atoms with E-state index < -0.39 is 0 Å². The van der Waals surface area contributed by atoms with Gasteiger partial charge in [0.05, 0.1) is 22.5 Å². The summed E-state index contributed by atoms with van der Waals surface area (Å²) in [7, 11) is 0. The molecule has 0 aliphatic heterocycles. The number of carbonyl (C=O) groups excluding carboxylic acids is 1. The molecule has 138 valence electrons. The molecule has 1 aliphatic carbocycles. The minimum absolute atomic E-state index is 0.160. The molecular formula is C19H22Cl2N4O. The number of nitrogens with two attached hydrogens (primary N) is 1. The lowest BCUT2D eigenvalue weighted by Crippen LogP contribution is -2.38. The quantitative estimate of drug-likeness (QED) is 0.705. The van der Waals surface area contributed by atoms with Gasteiger partial charge in [0.2, 0.25) is 0 Å². The molecular weight excluding hydrogens is 371 g/mol. The minimum Gasteiger partial charge on any atom is -0.384 e. The molecule has 0 radical (unpaired) electrons. The van der Waals surface area contributed by atoms with Crippen LogP contribution < -0.4 is 16.4 Å². The Morgan fingerprint density at radius 1 is 1.15 bits per heavy atom. The number of amides is 1. The van der Waals surface area contributed by atoms with Crippen LogP contribution in [0.1, 0.15) is 36.0 Å². The lowest BCUT2D eigenvalue weighted by Gasteiger charge is -2.29. The summed E-state index contributed by atoms with van der Waals surface area (Å²) in [6.07, 6.45) is 5.77. The summed E-state index contributed by atoms with van der Waals surface area (Å²) in [6.45, 7) is 0.895. The highest BCUT2D eigenvalue weighted by atomic mass is 35.5. The standard InChI is InChI=1S/C19H22Cl2N4O/c20-13-3-7-17(21)16(9-13)19(26)25-14-4-1-12(2-5-14)10-23-15-6-8-18(22)24-11-15/h3,6-9,11-12,14,23H,1-2,4-5,10H2,(H2,22,24)(H,25,26)/t12-,14-. The van der Waals surface area contributed by atoms with Crippen LogP contribution in [0.25, 0.3) is 0 Å². The smallest absolute Gasteiger partial charge is 0.253 e. The third-order valence-corrected chi connectivity index (χ3v) is 5.30. The summed E-state index contributed by atoms with van der Waals surface area (Å²) in [4.78, 5) is 16.5. The van der Waals surface area contributed by atoms with Crippen LogP contribution in [0.4, 0.5) is 11.5 Å². The van der Waals surface area contributed by atoms with Crippen LogP contribution in [0.15, 0.2) is 36.5 Å². The summed E-state index contributed by atoms with van der Waals surface area (Å²) >= 11 is 12.1. The molecule has 5 nitrogen and oxygen atoms in total. The van der Waals surface area contributed by atoms with Crippen LogP contribution in [0, 0.1) is 5.92 Å². The Morgan fingerprint density at radius 2 is 1.92 bits per heavy atom. The van der Waals surface area contributed by atoms with Crippen molar-refractivity contribution in [2.24, 2.45) is 5.92 Å². The van der Waals surface area contributed by atoms with Crippen molar-refractivity contribution >= 4 is 40.6 Å². The molecule has 0 atom stereocenters. The van der Waals surface area contributed by atoms with Crippen molar-refractivity contribution in [2.75, 3.05) is 17.6 Å². The number of benzene rings is 1. The molecule has 1 aromatic heterocycles. The van der Waals surface area contributed by atoms with E-state index in [2.05, 4.69) is 15.6 Å². The molecule has 1 aliphatic rings. The third-order valence-electron chi connectivity index (χ3n) is 4.74. The van der Waals surface area contributed by atoms with Gasteiger partial charge in [-0.15, -0.1) is 0 Å². The van der Waals surface area contributed by atoms with Crippen molar-refractivity contribution in [1.29, 1.82) is 0 Å². The highest BCUT2D eigenvalue weighted by Gasteiger charge is 2.23. The van der Waals surface area contributed by atoms with Gasteiger partial charge in [0.1, 0.15) is 5.82 Å². The Hall–Kier alpha value is -1.98. The zero-order valence-corrected chi connectivity index (χ0v) is 15.9. The topological polar surface area (TPSA) is 80.0 Å². The van der Waals surface area contributed by atoms with E-state index in [1.807, 2.05) is 6.07 Å². The molecule has 0 spiro atoms. The summed E-state index contributed by atoms with van der Waals surface area (Å²) in [5.74, 6) is 0.939. The van der Waals surface area contributed by atoms with Gasteiger partial charge in [-0.2, -0.15) is 0 Å². The molecule has 1 aromatic carbocycles. The Morgan fingerprint density at radius 3 is 2.62 bits per heavy atom. The van der Waals surface area contributed by atoms with Gasteiger partial charge in [0, 0.05) is 17.6 Å². The van der Waals surface area contributed by atoms with Gasteiger partial charge in [-0.3, -0.25) is 4.79 Å². The second kappa shape index (κ2) is 8.60. The Bertz CT molecular complexity index is 759. The fraction of sp³-hybridized carbons (Fsp3) is 0.368. The van der Waals surface area contributed by atoms with Crippen LogP contribution in [0.2, 0.25) is 10.0 Å². The Balaban J connectivity index is 1.45. The first-order chi connectivity index (χ1) is 12.5. The number of pyridine rings is 1. The van der Waals surface area contributed by atoms with Crippen LogP contribution in [0.3, 0.4) is 0 Å². The van der Waals surface area contributed by atoms with E-state index in [0.717, 1.165) is 37.9 Å². The van der Waals surface area contributed by atoms with E-state index in [1.165, 1.54) is 0 Å². The molecule has 3 rings (SSSR count). The van der Waals surface area contributed by atoms with Crippen LogP contribution in [0.5, 0.6) is 0 Å². The predicted octanol–water partition coefficient (Wildman–Crippen LogP) is 4.37. The maximum absolute atomic E-state index is 12.4. The van der Waals surface area contributed by atoms with Crippen molar-refractivity contribution in [2.45, 2.75) is 31.7 Å². The van der Waals surface area contributed by atoms with Gasteiger partial charge in [0.15, 0.2) is 0 Å². The number of nitrogens with zero attached hydrogens (tertiary/aromatic N) is 1. The summed E-state index contributed by atoms with van der Waals surface area (Å²) < 4.78 is 0. The van der Waals surface area contributed by atoms with Crippen molar-refractivity contribution in [3.63, 3.8) is 0 Å². The van der Waals surface area contributed by atoms with Gasteiger partial charge in [0.25, 0.3) is 5.91 Å². The number of rotatable bonds is 5. The van der Waals surface area contributed by atoms with Crippen molar-refractivity contribution in [1.82, 2.24) is 10.3 Å². The molecule has 0 unspecified atom stereocenters. The molecule has 0 bridgehead atoms. The number of nitrogen functional groups attached to an aromatic ring is 1. The highest BCUT2D eigenvalue weighted by Crippen LogP contribution is 2.26. The molecule has 1 saturated carbocycles. The maximum Gasteiger partial charge on any atom is 0.253 e. The minimum atomic E-state index is -0.160. The van der Waals surface area contributed by atoms with E-state index in [9.17, 15) is 4.79 Å². The monoisotopic (exact) mass is 392 g/mol. The molecule has 0 saturated heterocycles. The largest absolute Gasteiger partial charge is 0.384 e. The SMILES string of the molecule is Nc1ccc(NC[C@H]2CC[C@H](NC(=O)c3cc(Cl)ccc3Cl)CC2)cn1. The zero-order valence-electron chi connectivity index (χ0n) is 14.3. The van der Waals surface area contributed by atoms with Gasteiger partial charge in [-0.25, -0.2) is 4.98 Å². The van der Waals surface area contributed by atoms with Gasteiger partial charge in [-0.05, 0) is 61.9 Å². The van der Waals surface area contributed by atoms with E-state index in [4.69, 9.17) is 28.9 Å². The average molecular weight is 393 g/mol. The molecule has 7 heteroatoms. The normalized spacial score (nSPS) is 19.8. The highest BCUT2D eigenvalue weighted by molar-refractivity contribution is 6.35. The summed E-state index contributed by atoms with van der Waals surface area (Å²) in [6, 6.07) is 8.82. The van der Waals surface area contributed by atoms with Crippen LogP contribution in [-0.2, 0) is 0 Å². The molecule has 1 fully saturated rings. The first kappa shape index (κ1) is 18.8. The van der Waals surface area contributed by atoms with Crippen molar-refractivity contribution in [3.8, 4) is 0 Å². The zero-order chi connectivity index (χ0) is 18.5. The lowest BCUT2D eigenvalue weighted by molar-refractivity contribution is 0.0923. The number of aromatic nitrogens is 1.